The lowest BCUT2D eigenvalue weighted by Gasteiger charge is -2.37. The second-order valence-electron chi connectivity index (χ2n) is 6.56. The summed E-state index contributed by atoms with van der Waals surface area (Å²) in [6, 6.07) is 0. The van der Waals surface area contributed by atoms with Crippen LogP contribution >= 0.6 is 11.6 Å². The van der Waals surface area contributed by atoms with Crippen LogP contribution in [0.25, 0.3) is 0 Å². The van der Waals surface area contributed by atoms with Gasteiger partial charge >= 0.3 is 0 Å². The van der Waals surface area contributed by atoms with E-state index in [9.17, 15) is 0 Å². The van der Waals surface area contributed by atoms with E-state index in [1.807, 2.05) is 0 Å². The van der Waals surface area contributed by atoms with Gasteiger partial charge in [0, 0.05) is 5.54 Å². The van der Waals surface area contributed by atoms with Gasteiger partial charge in [0.1, 0.15) is 0 Å². The third-order valence-corrected chi connectivity index (χ3v) is 5.56. The molecule has 0 nitrogen and oxygen atoms in total. The summed E-state index contributed by atoms with van der Waals surface area (Å²) in [5.74, 6) is 3.92. The van der Waals surface area contributed by atoms with E-state index in [0.29, 0.717) is 0 Å². The molecular weight excluding hydrogens is 240 g/mol. The summed E-state index contributed by atoms with van der Waals surface area (Å²) in [6.45, 7) is 2.33. The first-order chi connectivity index (χ1) is 8.83. The molecule has 18 heavy (non-hydrogen) atoms. The van der Waals surface area contributed by atoms with Gasteiger partial charge < -0.3 is 0 Å². The van der Waals surface area contributed by atoms with Gasteiger partial charge in [0.05, 0.1) is 0 Å². The maximum atomic E-state index is 5.69. The first-order valence-electron chi connectivity index (χ1n) is 8.10. The molecule has 0 unspecified atom stereocenters. The zero-order chi connectivity index (χ0) is 12.8. The van der Waals surface area contributed by atoms with Crippen LogP contribution in [0.5, 0.6) is 0 Å². The van der Waals surface area contributed by atoms with Gasteiger partial charge in [0.15, 0.2) is 0 Å². The van der Waals surface area contributed by atoms with Crippen LogP contribution in [0.15, 0.2) is 11.6 Å². The molecule has 0 N–H and O–H groups in total. The fraction of sp³-hybridized carbons (Fsp3) is 0.882. The van der Waals surface area contributed by atoms with Crippen LogP contribution in [0.1, 0.15) is 71.1 Å². The van der Waals surface area contributed by atoms with Gasteiger partial charge in [-0.1, -0.05) is 50.3 Å². The minimum Gasteiger partial charge on any atom is -0.0933 e. The summed E-state index contributed by atoms with van der Waals surface area (Å²) < 4.78 is 0. The molecule has 2 saturated carbocycles. The molecular formula is C17H29Cl. The smallest absolute Gasteiger partial charge is 0.000525 e. The molecule has 0 saturated heterocycles. The molecule has 0 bridgehead atoms. The highest BCUT2D eigenvalue weighted by molar-refractivity contribution is 6.25. The normalized spacial score (nSPS) is 38.1. The number of hydrogen-bond donors (Lipinski definition) is 0. The molecule has 2 fully saturated rings. The van der Waals surface area contributed by atoms with E-state index in [4.69, 9.17) is 11.6 Å². The zero-order valence-corrected chi connectivity index (χ0v) is 12.7. The number of rotatable bonds is 4. The highest BCUT2D eigenvalue weighted by atomic mass is 35.5. The van der Waals surface area contributed by atoms with E-state index in [1.165, 1.54) is 64.2 Å². The van der Waals surface area contributed by atoms with E-state index in [2.05, 4.69) is 13.0 Å². The Balaban J connectivity index is 1.71. The highest BCUT2D eigenvalue weighted by Crippen LogP contribution is 2.42. The van der Waals surface area contributed by atoms with Crippen molar-refractivity contribution in [2.75, 3.05) is 0 Å². The third-order valence-electron chi connectivity index (χ3n) is 5.42. The Bertz CT molecular complexity index is 242. The molecule has 0 aromatic rings. The fourth-order valence-corrected chi connectivity index (χ4v) is 4.47. The van der Waals surface area contributed by atoms with Crippen LogP contribution in [-0.2, 0) is 0 Å². The maximum Gasteiger partial charge on any atom is 0.000525 e. The van der Waals surface area contributed by atoms with Gasteiger partial charge in [-0.05, 0) is 62.2 Å². The Kier molecular flexibility index (Phi) is 6.08. The second-order valence-corrected chi connectivity index (χ2v) is 6.81. The Morgan fingerprint density at radius 2 is 1.44 bits per heavy atom. The van der Waals surface area contributed by atoms with Crippen molar-refractivity contribution in [3.63, 3.8) is 0 Å². The molecule has 0 aliphatic heterocycles. The van der Waals surface area contributed by atoms with Gasteiger partial charge in [-0.25, -0.2) is 0 Å². The average molecular weight is 269 g/mol. The molecule has 0 spiro atoms. The van der Waals surface area contributed by atoms with Crippen LogP contribution in [0.4, 0.5) is 0 Å². The third kappa shape index (κ3) is 4.02. The van der Waals surface area contributed by atoms with Crippen molar-refractivity contribution in [1.82, 2.24) is 0 Å². The topological polar surface area (TPSA) is 0 Å². The molecule has 0 aromatic carbocycles. The lowest BCUT2D eigenvalue weighted by molar-refractivity contribution is 0.152. The first-order valence-corrected chi connectivity index (χ1v) is 8.54. The summed E-state index contributed by atoms with van der Waals surface area (Å²) in [7, 11) is 0. The molecule has 1 heteroatoms. The lowest BCUT2D eigenvalue weighted by Crippen LogP contribution is -2.25. The van der Waals surface area contributed by atoms with Crippen molar-refractivity contribution < 1.29 is 0 Å². The number of hydrogen-bond acceptors (Lipinski definition) is 0. The van der Waals surface area contributed by atoms with Crippen molar-refractivity contribution >= 4 is 11.6 Å². The molecule has 0 heterocycles. The molecule has 0 aromatic heterocycles. The Morgan fingerprint density at radius 3 is 1.94 bits per heavy atom. The molecule has 2 aliphatic rings. The van der Waals surface area contributed by atoms with E-state index < -0.39 is 0 Å². The summed E-state index contributed by atoms with van der Waals surface area (Å²) in [4.78, 5) is 0. The predicted octanol–water partition coefficient (Wildman–Crippen LogP) is 6.15. The Hall–Kier alpha value is 0.0300. The molecule has 2 rings (SSSR count). The lowest BCUT2D eigenvalue weighted by atomic mass is 9.69. The molecule has 0 amide bonds. The van der Waals surface area contributed by atoms with Gasteiger partial charge in [-0.2, -0.15) is 0 Å². The summed E-state index contributed by atoms with van der Waals surface area (Å²) in [6.07, 6.45) is 16.8. The standard InChI is InChI=1S/C17H29Cl/c1-2-3-14-4-8-16(9-5-14)17-10-6-15(7-11-17)12-13-18/h12-17H,2-11H2,1H3/b13-12+/t14-,15-,16-,17-. The van der Waals surface area contributed by atoms with E-state index in [1.54, 1.807) is 5.54 Å². The van der Waals surface area contributed by atoms with Crippen molar-refractivity contribution in [3.8, 4) is 0 Å². The first kappa shape index (κ1) is 14.4. The number of allylic oxidation sites excluding steroid dienone is 1. The monoisotopic (exact) mass is 268 g/mol. The van der Waals surface area contributed by atoms with Crippen LogP contribution in [0.3, 0.4) is 0 Å². The van der Waals surface area contributed by atoms with Crippen molar-refractivity contribution in [1.29, 1.82) is 0 Å². The van der Waals surface area contributed by atoms with E-state index in [0.717, 1.165) is 23.7 Å². The highest BCUT2D eigenvalue weighted by Gasteiger charge is 2.29. The maximum absolute atomic E-state index is 5.69. The van der Waals surface area contributed by atoms with Crippen LogP contribution < -0.4 is 0 Å². The minimum absolute atomic E-state index is 0.773. The van der Waals surface area contributed by atoms with Crippen molar-refractivity contribution in [3.05, 3.63) is 11.6 Å². The van der Waals surface area contributed by atoms with Crippen LogP contribution in [-0.4, -0.2) is 0 Å². The Morgan fingerprint density at radius 1 is 0.889 bits per heavy atom. The van der Waals surface area contributed by atoms with Gasteiger partial charge in [0.2, 0.25) is 0 Å². The summed E-state index contributed by atoms with van der Waals surface area (Å²) >= 11 is 5.69. The zero-order valence-electron chi connectivity index (χ0n) is 11.9. The summed E-state index contributed by atoms with van der Waals surface area (Å²) in [5, 5.41) is 0. The van der Waals surface area contributed by atoms with Crippen molar-refractivity contribution in [2.24, 2.45) is 23.7 Å². The minimum atomic E-state index is 0.773. The second kappa shape index (κ2) is 7.58. The van der Waals surface area contributed by atoms with Crippen LogP contribution in [0.2, 0.25) is 0 Å². The van der Waals surface area contributed by atoms with E-state index >= 15 is 0 Å². The molecule has 0 atom stereocenters. The van der Waals surface area contributed by atoms with Gasteiger partial charge in [0.25, 0.3) is 0 Å². The summed E-state index contributed by atoms with van der Waals surface area (Å²) in [5.41, 5.74) is 1.72. The fourth-order valence-electron chi connectivity index (χ4n) is 4.27. The largest absolute Gasteiger partial charge is 0.0933 e. The molecule has 0 radical (unpaired) electrons. The quantitative estimate of drug-likeness (QED) is 0.573. The number of halogens is 1. The Labute approximate surface area is 118 Å². The van der Waals surface area contributed by atoms with Crippen molar-refractivity contribution in [2.45, 2.75) is 71.1 Å². The van der Waals surface area contributed by atoms with E-state index in [-0.39, 0.29) is 0 Å². The predicted molar refractivity (Wildman–Crippen MR) is 80.8 cm³/mol. The molecule has 2 aliphatic carbocycles. The SMILES string of the molecule is CCC[C@H]1CC[C@H]([C@H]2CC[C@H](/C=C/Cl)CC2)CC1. The van der Waals surface area contributed by atoms with Gasteiger partial charge in [-0.3, -0.25) is 0 Å². The van der Waals surface area contributed by atoms with Crippen LogP contribution in [0, 0.1) is 23.7 Å². The average Bonchev–Trinajstić information content (AvgIpc) is 2.41. The molecule has 104 valence electrons. The van der Waals surface area contributed by atoms with Gasteiger partial charge in [-0.15, -0.1) is 0 Å².